The maximum atomic E-state index is 7.71. The molecule has 4 heteroatoms. The molecular weight excluding hydrogens is 125 g/mol. The van der Waals surface area contributed by atoms with Gasteiger partial charge in [0.1, 0.15) is 0 Å². The van der Waals surface area contributed by atoms with Crippen LogP contribution in [0.25, 0.3) is 0 Å². The van der Waals surface area contributed by atoms with E-state index in [4.69, 9.17) is 28.4 Å². The van der Waals surface area contributed by atoms with Gasteiger partial charge < -0.3 is 5.21 Å². The molecule has 0 saturated heterocycles. The Morgan fingerprint density at radius 3 is 2.33 bits per heavy atom. The second-order valence-corrected chi connectivity index (χ2v) is 1.31. The summed E-state index contributed by atoms with van der Waals surface area (Å²) in [6.07, 6.45) is 0. The second kappa shape index (κ2) is 3.25. The van der Waals surface area contributed by atoms with Crippen LogP contribution >= 0.6 is 23.2 Å². The molecule has 0 atom stereocenters. The minimum atomic E-state index is 0.0108. The van der Waals surface area contributed by atoms with Gasteiger partial charge in [-0.25, -0.2) is 0 Å². The highest BCUT2D eigenvalue weighted by atomic mass is 35.5. The molecule has 0 aliphatic rings. The summed E-state index contributed by atoms with van der Waals surface area (Å²) >= 11 is 10.0. The van der Waals surface area contributed by atoms with E-state index in [2.05, 4.69) is 5.16 Å². The molecule has 0 fully saturated rings. The molecule has 0 radical (unpaired) electrons. The molecule has 0 amide bonds. The maximum absolute atomic E-state index is 7.71. The van der Waals surface area contributed by atoms with Crippen molar-refractivity contribution in [1.29, 1.82) is 0 Å². The van der Waals surface area contributed by atoms with Crippen LogP contribution in [0.4, 0.5) is 0 Å². The summed E-state index contributed by atoms with van der Waals surface area (Å²) < 4.78 is 0. The lowest BCUT2D eigenvalue weighted by atomic mass is 10.9. The molecular formula is C2H3Cl2NO. The summed E-state index contributed by atoms with van der Waals surface area (Å²) in [4.78, 5) is 0. The van der Waals surface area contributed by atoms with Crippen molar-refractivity contribution < 1.29 is 5.21 Å². The number of alkyl halides is 1. The fourth-order valence-electron chi connectivity index (χ4n) is 0.0267. The van der Waals surface area contributed by atoms with Crippen LogP contribution < -0.4 is 0 Å². The summed E-state index contributed by atoms with van der Waals surface area (Å²) in [6, 6.07) is 0. The minimum absolute atomic E-state index is 0.0108. The first-order chi connectivity index (χ1) is 2.81. The third-order valence-corrected chi connectivity index (χ3v) is 0.818. The number of hydrogen-bond donors (Lipinski definition) is 1. The summed E-state index contributed by atoms with van der Waals surface area (Å²) in [5, 5.41) is 10.3. The van der Waals surface area contributed by atoms with Gasteiger partial charge in [0, 0.05) is 0 Å². The fourth-order valence-corrected chi connectivity index (χ4v) is 0.0802. The van der Waals surface area contributed by atoms with Crippen LogP contribution in [0.15, 0.2) is 5.16 Å². The largest absolute Gasteiger partial charge is 0.410 e. The monoisotopic (exact) mass is 127 g/mol. The van der Waals surface area contributed by atoms with Crippen LogP contribution in [0, 0.1) is 0 Å². The quantitative estimate of drug-likeness (QED) is 0.245. The first-order valence-corrected chi connectivity index (χ1v) is 2.15. The molecule has 0 rings (SSSR count). The van der Waals surface area contributed by atoms with Gasteiger partial charge in [0.25, 0.3) is 0 Å². The summed E-state index contributed by atoms with van der Waals surface area (Å²) in [7, 11) is 0. The number of hydrogen-bond acceptors (Lipinski definition) is 2. The van der Waals surface area contributed by atoms with Gasteiger partial charge >= 0.3 is 0 Å². The highest BCUT2D eigenvalue weighted by Crippen LogP contribution is 1.85. The van der Waals surface area contributed by atoms with Gasteiger partial charge in [-0.05, 0) is 0 Å². The number of nitrogens with zero attached hydrogens (tertiary/aromatic N) is 1. The minimum Gasteiger partial charge on any atom is -0.410 e. The van der Waals surface area contributed by atoms with E-state index in [0.29, 0.717) is 0 Å². The summed E-state index contributed by atoms with van der Waals surface area (Å²) in [6.45, 7) is 0. The van der Waals surface area contributed by atoms with Crippen LogP contribution in [0.5, 0.6) is 0 Å². The van der Waals surface area contributed by atoms with Crippen LogP contribution in [0.3, 0.4) is 0 Å². The van der Waals surface area contributed by atoms with Gasteiger partial charge in [-0.2, -0.15) is 0 Å². The van der Waals surface area contributed by atoms with Crippen LogP contribution in [-0.2, 0) is 0 Å². The molecule has 36 valence electrons. The molecule has 0 aromatic carbocycles. The van der Waals surface area contributed by atoms with Crippen molar-refractivity contribution >= 4 is 28.4 Å². The van der Waals surface area contributed by atoms with E-state index in [9.17, 15) is 0 Å². The lowest BCUT2D eigenvalue weighted by molar-refractivity contribution is 0.320. The Balaban J connectivity index is 3.22. The maximum Gasteiger partial charge on any atom is 0.160 e. The number of rotatable bonds is 1. The predicted molar refractivity (Wildman–Crippen MR) is 25.8 cm³/mol. The van der Waals surface area contributed by atoms with Crippen molar-refractivity contribution in [1.82, 2.24) is 0 Å². The van der Waals surface area contributed by atoms with Crippen LogP contribution in [0.2, 0.25) is 0 Å². The summed E-state index contributed by atoms with van der Waals surface area (Å²) in [5.41, 5.74) is 0. The van der Waals surface area contributed by atoms with Crippen LogP contribution in [-0.4, -0.2) is 16.3 Å². The van der Waals surface area contributed by atoms with Crippen molar-refractivity contribution in [2.24, 2.45) is 5.16 Å². The molecule has 0 saturated carbocycles. The molecule has 0 aromatic heterocycles. The Hall–Kier alpha value is 0.0500. The lowest BCUT2D eigenvalue weighted by Gasteiger charge is -1.76. The fraction of sp³-hybridized carbons (Fsp3) is 0.500. The Morgan fingerprint density at radius 2 is 2.33 bits per heavy atom. The SMILES string of the molecule is O/N=C(/Cl)CCl. The van der Waals surface area contributed by atoms with Gasteiger partial charge in [-0.15, -0.1) is 11.6 Å². The third-order valence-electron chi connectivity index (χ3n) is 0.219. The van der Waals surface area contributed by atoms with Crippen molar-refractivity contribution in [2.45, 2.75) is 0 Å². The summed E-state index contributed by atoms with van der Waals surface area (Å²) in [5.74, 6) is 0.0675. The third kappa shape index (κ3) is 2.30. The molecule has 0 aromatic rings. The zero-order chi connectivity index (χ0) is 4.99. The predicted octanol–water partition coefficient (Wildman–Crippen LogP) is 1.25. The van der Waals surface area contributed by atoms with E-state index in [-0.39, 0.29) is 11.1 Å². The number of halogens is 2. The van der Waals surface area contributed by atoms with Crippen molar-refractivity contribution in [2.75, 3.05) is 5.88 Å². The number of oxime groups is 1. The average Bonchev–Trinajstić information content (AvgIpc) is 1.65. The smallest absolute Gasteiger partial charge is 0.160 e. The molecule has 0 spiro atoms. The average molecular weight is 128 g/mol. The van der Waals surface area contributed by atoms with E-state index in [1.165, 1.54) is 0 Å². The van der Waals surface area contributed by atoms with Gasteiger partial charge in [-0.3, -0.25) is 0 Å². The van der Waals surface area contributed by atoms with Gasteiger partial charge in [-0.1, -0.05) is 16.8 Å². The van der Waals surface area contributed by atoms with E-state index < -0.39 is 0 Å². The molecule has 2 nitrogen and oxygen atoms in total. The first-order valence-electron chi connectivity index (χ1n) is 1.23. The zero-order valence-corrected chi connectivity index (χ0v) is 4.37. The molecule has 0 bridgehead atoms. The standard InChI is InChI=1S/C2H3Cl2NO/c3-1-2(4)5-6/h6H,1H2/b5-2+. The van der Waals surface area contributed by atoms with E-state index in [0.717, 1.165) is 0 Å². The van der Waals surface area contributed by atoms with E-state index in [1.807, 2.05) is 0 Å². The van der Waals surface area contributed by atoms with E-state index in [1.54, 1.807) is 0 Å². The highest BCUT2D eigenvalue weighted by molar-refractivity contribution is 6.69. The van der Waals surface area contributed by atoms with E-state index >= 15 is 0 Å². The normalized spacial score (nSPS) is 12.0. The molecule has 0 aliphatic carbocycles. The topological polar surface area (TPSA) is 32.6 Å². The Kier molecular flexibility index (Phi) is 3.28. The van der Waals surface area contributed by atoms with Crippen molar-refractivity contribution in [3.63, 3.8) is 0 Å². The lowest BCUT2D eigenvalue weighted by Crippen LogP contribution is -1.84. The first kappa shape index (κ1) is 6.05. The Morgan fingerprint density at radius 1 is 1.83 bits per heavy atom. The van der Waals surface area contributed by atoms with Crippen molar-refractivity contribution in [3.05, 3.63) is 0 Å². The zero-order valence-electron chi connectivity index (χ0n) is 2.86. The van der Waals surface area contributed by atoms with Crippen molar-refractivity contribution in [3.8, 4) is 0 Å². The Labute approximate surface area is 45.4 Å². The second-order valence-electron chi connectivity index (χ2n) is 0.610. The van der Waals surface area contributed by atoms with Gasteiger partial charge in [0.05, 0.1) is 5.88 Å². The molecule has 6 heavy (non-hydrogen) atoms. The molecule has 0 aliphatic heterocycles. The Bertz CT molecular complexity index is 62.6. The van der Waals surface area contributed by atoms with Crippen LogP contribution in [0.1, 0.15) is 0 Å². The highest BCUT2D eigenvalue weighted by Gasteiger charge is 1.84. The molecule has 1 N–H and O–H groups in total. The van der Waals surface area contributed by atoms with Gasteiger partial charge in [0.2, 0.25) is 0 Å². The molecule has 0 unspecified atom stereocenters. The van der Waals surface area contributed by atoms with Gasteiger partial charge in [0.15, 0.2) is 5.17 Å². The molecule has 0 heterocycles.